The van der Waals surface area contributed by atoms with E-state index in [1.165, 1.54) is 0 Å². The van der Waals surface area contributed by atoms with Gasteiger partial charge in [0.2, 0.25) is 10.9 Å². The molecule has 0 saturated heterocycles. The Morgan fingerprint density at radius 2 is 1.45 bits per heavy atom. The van der Waals surface area contributed by atoms with Crippen LogP contribution in [0.3, 0.4) is 0 Å². The number of sulfonamides is 1. The molecule has 1 unspecified atom stereocenters. The molecule has 31 heavy (non-hydrogen) atoms. The van der Waals surface area contributed by atoms with Crippen molar-refractivity contribution in [2.75, 3.05) is 4.72 Å². The number of aromatic nitrogens is 1. The van der Waals surface area contributed by atoms with Gasteiger partial charge in [-0.25, -0.2) is 0 Å². The van der Waals surface area contributed by atoms with Crippen molar-refractivity contribution < 1.29 is 12.8 Å². The van der Waals surface area contributed by atoms with E-state index in [1.807, 2.05) is 66.7 Å². The summed E-state index contributed by atoms with van der Waals surface area (Å²) in [4.78, 5) is 4.40. The molecular formula is C25H24N2O3S. The largest absolute Gasteiger partial charge is 0.435 e. The van der Waals surface area contributed by atoms with Crippen molar-refractivity contribution in [2.45, 2.75) is 31.2 Å². The fourth-order valence-corrected chi connectivity index (χ4v) is 4.58. The van der Waals surface area contributed by atoms with Gasteiger partial charge in [0.25, 0.3) is 10.0 Å². The molecule has 0 saturated carbocycles. The van der Waals surface area contributed by atoms with Gasteiger partial charge in [-0.2, -0.15) is 13.4 Å². The second kappa shape index (κ2) is 8.78. The maximum atomic E-state index is 13.5. The van der Waals surface area contributed by atoms with Crippen LogP contribution in [0.2, 0.25) is 0 Å². The van der Waals surface area contributed by atoms with E-state index in [1.54, 1.807) is 18.2 Å². The Labute approximate surface area is 182 Å². The smallest absolute Gasteiger partial charge is 0.283 e. The van der Waals surface area contributed by atoms with Gasteiger partial charge in [0, 0.05) is 11.1 Å². The second-order valence-electron chi connectivity index (χ2n) is 7.39. The Hall–Kier alpha value is -3.38. The average Bonchev–Trinajstić information content (AvgIpc) is 3.27. The summed E-state index contributed by atoms with van der Waals surface area (Å²) in [5.74, 6) is 0.688. The lowest BCUT2D eigenvalue weighted by Crippen LogP contribution is -2.16. The third-order valence-electron chi connectivity index (χ3n) is 5.26. The highest BCUT2D eigenvalue weighted by atomic mass is 32.2. The molecule has 5 nitrogen and oxygen atoms in total. The summed E-state index contributed by atoms with van der Waals surface area (Å²) in [6.07, 6.45) is 0.899. The Bertz CT molecular complexity index is 1270. The first-order valence-corrected chi connectivity index (χ1v) is 11.7. The van der Waals surface area contributed by atoms with Gasteiger partial charge in [-0.1, -0.05) is 80.6 Å². The SMILES string of the molecule is CCC(C)c1ccccc1NS(=O)(=O)c1nc(-c2ccccc2)oc1-c1ccccc1. The number of benzene rings is 3. The standard InChI is InChI=1S/C25H24N2O3S/c1-3-18(2)21-16-10-11-17-22(21)27-31(28,29)25-23(19-12-6-4-7-13-19)30-24(26-25)20-14-8-5-9-15-20/h4-18,27H,3H2,1-2H3. The quantitative estimate of drug-likeness (QED) is 0.371. The monoisotopic (exact) mass is 432 g/mol. The number of hydrogen-bond acceptors (Lipinski definition) is 4. The average molecular weight is 433 g/mol. The third kappa shape index (κ3) is 4.39. The zero-order chi connectivity index (χ0) is 21.8. The van der Waals surface area contributed by atoms with Crippen LogP contribution in [-0.4, -0.2) is 13.4 Å². The maximum absolute atomic E-state index is 13.5. The van der Waals surface area contributed by atoms with Gasteiger partial charge in [0.05, 0.1) is 5.69 Å². The van der Waals surface area contributed by atoms with Gasteiger partial charge in [-0.15, -0.1) is 0 Å². The number of para-hydroxylation sites is 1. The molecule has 0 bridgehead atoms. The maximum Gasteiger partial charge on any atom is 0.283 e. The molecule has 3 aromatic carbocycles. The summed E-state index contributed by atoms with van der Waals surface area (Å²) in [5.41, 5.74) is 2.86. The van der Waals surface area contributed by atoms with Gasteiger partial charge in [-0.05, 0) is 36.1 Å². The van der Waals surface area contributed by atoms with Crippen LogP contribution < -0.4 is 4.72 Å². The van der Waals surface area contributed by atoms with Crippen molar-refractivity contribution >= 4 is 15.7 Å². The lowest BCUT2D eigenvalue weighted by atomic mass is 9.97. The van der Waals surface area contributed by atoms with Gasteiger partial charge >= 0.3 is 0 Å². The van der Waals surface area contributed by atoms with Gasteiger partial charge in [-0.3, -0.25) is 4.72 Å². The van der Waals surface area contributed by atoms with Crippen molar-refractivity contribution in [3.8, 4) is 22.8 Å². The van der Waals surface area contributed by atoms with Crippen molar-refractivity contribution in [1.29, 1.82) is 0 Å². The molecule has 158 valence electrons. The molecule has 0 amide bonds. The molecular weight excluding hydrogens is 408 g/mol. The number of hydrogen-bond donors (Lipinski definition) is 1. The molecule has 0 aliphatic carbocycles. The van der Waals surface area contributed by atoms with Crippen molar-refractivity contribution in [1.82, 2.24) is 4.98 Å². The van der Waals surface area contributed by atoms with E-state index in [2.05, 4.69) is 23.6 Å². The lowest BCUT2D eigenvalue weighted by Gasteiger charge is -2.16. The van der Waals surface area contributed by atoms with Crippen LogP contribution in [0, 0.1) is 0 Å². The predicted molar refractivity (Wildman–Crippen MR) is 123 cm³/mol. The van der Waals surface area contributed by atoms with Crippen molar-refractivity contribution in [2.24, 2.45) is 0 Å². The Kier molecular flexibility index (Phi) is 5.91. The summed E-state index contributed by atoms with van der Waals surface area (Å²) in [6, 6.07) is 25.9. The minimum atomic E-state index is -4.00. The molecule has 6 heteroatoms. The normalized spacial score (nSPS) is 12.5. The molecule has 0 spiro atoms. The molecule has 1 heterocycles. The molecule has 4 rings (SSSR count). The van der Waals surface area contributed by atoms with E-state index >= 15 is 0 Å². The van der Waals surface area contributed by atoms with Gasteiger partial charge in [0.15, 0.2) is 5.76 Å². The number of nitrogens with zero attached hydrogens (tertiary/aromatic N) is 1. The molecule has 1 aromatic heterocycles. The number of rotatable bonds is 7. The van der Waals surface area contributed by atoms with Crippen LogP contribution in [0.25, 0.3) is 22.8 Å². The first kappa shape index (κ1) is 20.9. The number of anilines is 1. The Morgan fingerprint density at radius 1 is 0.871 bits per heavy atom. The van der Waals surface area contributed by atoms with Crippen LogP contribution in [0.4, 0.5) is 5.69 Å². The summed E-state index contributed by atoms with van der Waals surface area (Å²) in [7, 11) is -4.00. The Balaban J connectivity index is 1.82. The highest BCUT2D eigenvalue weighted by Crippen LogP contribution is 2.34. The molecule has 0 fully saturated rings. The molecule has 0 radical (unpaired) electrons. The highest BCUT2D eigenvalue weighted by molar-refractivity contribution is 7.92. The van der Waals surface area contributed by atoms with Crippen molar-refractivity contribution in [3.63, 3.8) is 0 Å². The van der Waals surface area contributed by atoms with Crippen LogP contribution in [-0.2, 0) is 10.0 Å². The molecule has 0 aliphatic rings. The summed E-state index contributed by atoms with van der Waals surface area (Å²) in [6.45, 7) is 4.15. The molecule has 1 N–H and O–H groups in total. The van der Waals surface area contributed by atoms with Crippen LogP contribution in [0.1, 0.15) is 31.7 Å². The molecule has 4 aromatic rings. The fraction of sp³-hybridized carbons (Fsp3) is 0.160. The van der Waals surface area contributed by atoms with Crippen LogP contribution in [0.15, 0.2) is 94.4 Å². The second-order valence-corrected chi connectivity index (χ2v) is 8.99. The third-order valence-corrected chi connectivity index (χ3v) is 6.53. The van der Waals surface area contributed by atoms with Crippen LogP contribution in [0.5, 0.6) is 0 Å². The zero-order valence-corrected chi connectivity index (χ0v) is 18.3. The predicted octanol–water partition coefficient (Wildman–Crippen LogP) is 6.32. The van der Waals surface area contributed by atoms with E-state index in [0.29, 0.717) is 16.8 Å². The fourth-order valence-electron chi connectivity index (χ4n) is 3.40. The minimum Gasteiger partial charge on any atom is -0.435 e. The number of nitrogens with one attached hydrogen (secondary N) is 1. The summed E-state index contributed by atoms with van der Waals surface area (Å²) < 4.78 is 35.7. The van der Waals surface area contributed by atoms with E-state index in [-0.39, 0.29) is 22.6 Å². The summed E-state index contributed by atoms with van der Waals surface area (Å²) >= 11 is 0. The molecule has 0 aliphatic heterocycles. The van der Waals surface area contributed by atoms with E-state index in [9.17, 15) is 8.42 Å². The first-order chi connectivity index (χ1) is 15.0. The topological polar surface area (TPSA) is 72.2 Å². The lowest BCUT2D eigenvalue weighted by molar-refractivity contribution is 0.581. The van der Waals surface area contributed by atoms with Crippen LogP contribution >= 0.6 is 0 Å². The van der Waals surface area contributed by atoms with Crippen molar-refractivity contribution in [3.05, 3.63) is 90.5 Å². The Morgan fingerprint density at radius 3 is 2.10 bits per heavy atom. The van der Waals surface area contributed by atoms with Gasteiger partial charge < -0.3 is 4.42 Å². The van der Waals surface area contributed by atoms with Gasteiger partial charge in [0.1, 0.15) is 0 Å². The van der Waals surface area contributed by atoms with E-state index < -0.39 is 10.0 Å². The van der Waals surface area contributed by atoms with E-state index in [0.717, 1.165) is 12.0 Å². The number of oxazole rings is 1. The summed E-state index contributed by atoms with van der Waals surface area (Å²) in [5, 5.41) is -0.128. The first-order valence-electron chi connectivity index (χ1n) is 10.2. The zero-order valence-electron chi connectivity index (χ0n) is 17.4. The molecule has 1 atom stereocenters. The van der Waals surface area contributed by atoms with E-state index in [4.69, 9.17) is 4.42 Å². The minimum absolute atomic E-state index is 0.128. The highest BCUT2D eigenvalue weighted by Gasteiger charge is 2.28.